The molecule has 1 aromatic carbocycles. The molecular formula is C13H14FN. The van der Waals surface area contributed by atoms with Crippen LogP contribution in [-0.4, -0.2) is 6.04 Å². The first-order valence-electron chi connectivity index (χ1n) is 5.22. The molecule has 1 N–H and O–H groups in total. The Morgan fingerprint density at radius 2 is 2.40 bits per heavy atom. The largest absolute Gasteiger partial charge is 0.297 e. The van der Waals surface area contributed by atoms with Gasteiger partial charge >= 0.3 is 0 Å². The van der Waals surface area contributed by atoms with Crippen LogP contribution >= 0.6 is 0 Å². The maximum atomic E-state index is 13.4. The van der Waals surface area contributed by atoms with Crippen molar-refractivity contribution in [2.24, 2.45) is 0 Å². The summed E-state index contributed by atoms with van der Waals surface area (Å²) < 4.78 is 13.4. The Morgan fingerprint density at radius 1 is 1.60 bits per heavy atom. The van der Waals surface area contributed by atoms with Gasteiger partial charge in [-0.05, 0) is 37.0 Å². The van der Waals surface area contributed by atoms with E-state index < -0.39 is 0 Å². The van der Waals surface area contributed by atoms with Gasteiger partial charge in [0.05, 0.1) is 6.04 Å². The van der Waals surface area contributed by atoms with Crippen molar-refractivity contribution in [1.29, 1.82) is 0 Å². The van der Waals surface area contributed by atoms with Gasteiger partial charge in [0.2, 0.25) is 0 Å². The van der Waals surface area contributed by atoms with Crippen LogP contribution in [0.3, 0.4) is 0 Å². The number of hydrogen-bond donors (Lipinski definition) is 1. The summed E-state index contributed by atoms with van der Waals surface area (Å²) in [7, 11) is 0. The Labute approximate surface area is 89.7 Å². The van der Waals surface area contributed by atoms with E-state index in [1.165, 1.54) is 6.07 Å². The van der Waals surface area contributed by atoms with Crippen LogP contribution in [0.2, 0.25) is 0 Å². The van der Waals surface area contributed by atoms with Crippen LogP contribution in [0, 0.1) is 18.2 Å². The van der Waals surface area contributed by atoms with E-state index in [1.54, 1.807) is 6.07 Å². The van der Waals surface area contributed by atoms with Gasteiger partial charge in [-0.1, -0.05) is 18.1 Å². The number of fused-ring (bicyclic) bond motifs is 1. The van der Waals surface area contributed by atoms with Crippen LogP contribution in [-0.2, 0) is 6.42 Å². The van der Waals surface area contributed by atoms with Gasteiger partial charge in [-0.15, -0.1) is 6.42 Å². The highest BCUT2D eigenvalue weighted by Gasteiger charge is 2.25. The van der Waals surface area contributed by atoms with Crippen LogP contribution in [0.4, 0.5) is 4.39 Å². The molecule has 0 amide bonds. The number of nitrogens with one attached hydrogen (secondary N) is 1. The summed E-state index contributed by atoms with van der Waals surface area (Å²) in [5, 5.41) is 3.31. The first kappa shape index (κ1) is 10.2. The maximum Gasteiger partial charge on any atom is 0.126 e. The van der Waals surface area contributed by atoms with E-state index in [2.05, 4.69) is 11.2 Å². The van der Waals surface area contributed by atoms with Crippen molar-refractivity contribution >= 4 is 0 Å². The van der Waals surface area contributed by atoms with Crippen LogP contribution in [0.15, 0.2) is 18.2 Å². The first-order chi connectivity index (χ1) is 7.22. The smallest absolute Gasteiger partial charge is 0.126 e. The van der Waals surface area contributed by atoms with Crippen LogP contribution in [0.1, 0.15) is 30.5 Å². The second-order valence-corrected chi connectivity index (χ2v) is 3.95. The average Bonchev–Trinajstić information content (AvgIpc) is 2.63. The quantitative estimate of drug-likeness (QED) is 0.728. The monoisotopic (exact) mass is 203 g/mol. The summed E-state index contributed by atoms with van der Waals surface area (Å²) in [5.41, 5.74) is 1.91. The summed E-state index contributed by atoms with van der Waals surface area (Å²) in [4.78, 5) is 0. The number of benzene rings is 1. The molecule has 0 heterocycles. The molecule has 0 saturated carbocycles. The molecule has 1 nitrogen and oxygen atoms in total. The topological polar surface area (TPSA) is 12.0 Å². The van der Waals surface area contributed by atoms with Crippen molar-refractivity contribution in [2.45, 2.75) is 31.8 Å². The summed E-state index contributed by atoms with van der Waals surface area (Å²) in [6.07, 6.45) is 7.05. The number of hydrogen-bond acceptors (Lipinski definition) is 1. The first-order valence-corrected chi connectivity index (χ1v) is 5.22. The van der Waals surface area contributed by atoms with E-state index in [4.69, 9.17) is 6.42 Å². The molecule has 2 heteroatoms. The lowest BCUT2D eigenvalue weighted by Gasteiger charge is -2.16. The lowest BCUT2D eigenvalue weighted by Crippen LogP contribution is -2.27. The highest BCUT2D eigenvalue weighted by molar-refractivity contribution is 5.35. The fourth-order valence-corrected chi connectivity index (χ4v) is 2.13. The molecule has 0 aliphatic heterocycles. The number of terminal acetylenes is 1. The van der Waals surface area contributed by atoms with Gasteiger partial charge in [-0.25, -0.2) is 4.39 Å². The molecular weight excluding hydrogens is 189 g/mol. The molecule has 1 aromatic rings. The zero-order valence-electron chi connectivity index (χ0n) is 8.76. The van der Waals surface area contributed by atoms with E-state index in [0.717, 1.165) is 24.0 Å². The third-order valence-electron chi connectivity index (χ3n) is 2.91. The molecule has 0 bridgehead atoms. The molecule has 15 heavy (non-hydrogen) atoms. The fourth-order valence-electron chi connectivity index (χ4n) is 2.13. The van der Waals surface area contributed by atoms with E-state index in [-0.39, 0.29) is 17.9 Å². The molecule has 78 valence electrons. The van der Waals surface area contributed by atoms with Gasteiger partial charge in [-0.2, -0.15) is 0 Å². The predicted octanol–water partition coefficient (Wildman–Crippen LogP) is 2.42. The van der Waals surface area contributed by atoms with Crippen molar-refractivity contribution in [1.82, 2.24) is 5.32 Å². The highest BCUT2D eigenvalue weighted by Crippen LogP contribution is 2.32. The standard InChI is InChI=1S/C13H14FN/c1-3-9(2)15-13-8-7-10-11(13)5-4-6-12(10)14/h1,4-6,9,13,15H,7-8H2,2H3. The zero-order chi connectivity index (χ0) is 10.8. The number of halogens is 1. The Balaban J connectivity index is 2.22. The summed E-state index contributed by atoms with van der Waals surface area (Å²) in [5.74, 6) is 2.54. The second-order valence-electron chi connectivity index (χ2n) is 3.95. The van der Waals surface area contributed by atoms with Gasteiger partial charge in [0.25, 0.3) is 0 Å². The van der Waals surface area contributed by atoms with Crippen LogP contribution < -0.4 is 5.32 Å². The maximum absolute atomic E-state index is 13.4. The van der Waals surface area contributed by atoms with E-state index >= 15 is 0 Å². The van der Waals surface area contributed by atoms with E-state index in [1.807, 2.05) is 13.0 Å². The van der Waals surface area contributed by atoms with Crippen molar-refractivity contribution in [3.63, 3.8) is 0 Å². The van der Waals surface area contributed by atoms with Crippen molar-refractivity contribution in [3.05, 3.63) is 35.1 Å². The van der Waals surface area contributed by atoms with E-state index in [0.29, 0.717) is 0 Å². The molecule has 1 aliphatic rings. The average molecular weight is 203 g/mol. The third-order valence-corrected chi connectivity index (χ3v) is 2.91. The summed E-state index contributed by atoms with van der Waals surface area (Å²) in [6, 6.07) is 5.50. The fraction of sp³-hybridized carbons (Fsp3) is 0.385. The normalized spacial score (nSPS) is 20.7. The Bertz CT molecular complexity index is 405. The molecule has 2 rings (SSSR count). The van der Waals surface area contributed by atoms with Gasteiger partial charge < -0.3 is 0 Å². The lowest BCUT2D eigenvalue weighted by atomic mass is 10.1. The van der Waals surface area contributed by atoms with Gasteiger partial charge in [0.1, 0.15) is 5.82 Å². The molecule has 2 unspecified atom stereocenters. The summed E-state index contributed by atoms with van der Waals surface area (Å²) in [6.45, 7) is 1.94. The predicted molar refractivity (Wildman–Crippen MR) is 58.9 cm³/mol. The molecule has 0 spiro atoms. The molecule has 0 aromatic heterocycles. The van der Waals surface area contributed by atoms with Crippen molar-refractivity contribution in [3.8, 4) is 12.3 Å². The minimum absolute atomic E-state index is 0.0317. The Morgan fingerprint density at radius 3 is 3.13 bits per heavy atom. The van der Waals surface area contributed by atoms with Gasteiger partial charge in [0.15, 0.2) is 0 Å². The van der Waals surface area contributed by atoms with Crippen LogP contribution in [0.5, 0.6) is 0 Å². The minimum Gasteiger partial charge on any atom is -0.297 e. The molecule has 1 aliphatic carbocycles. The molecule has 0 saturated heterocycles. The van der Waals surface area contributed by atoms with E-state index in [9.17, 15) is 4.39 Å². The van der Waals surface area contributed by atoms with Gasteiger partial charge in [0, 0.05) is 6.04 Å². The Hall–Kier alpha value is -1.33. The molecule has 0 fully saturated rings. The Kier molecular flexibility index (Phi) is 2.75. The van der Waals surface area contributed by atoms with Crippen molar-refractivity contribution < 1.29 is 4.39 Å². The molecule has 0 radical (unpaired) electrons. The number of rotatable bonds is 2. The SMILES string of the molecule is C#CC(C)NC1CCc2c(F)cccc21. The van der Waals surface area contributed by atoms with Crippen molar-refractivity contribution in [2.75, 3.05) is 0 Å². The lowest BCUT2D eigenvalue weighted by molar-refractivity contribution is 0.508. The highest BCUT2D eigenvalue weighted by atomic mass is 19.1. The minimum atomic E-state index is -0.0924. The van der Waals surface area contributed by atoms with Gasteiger partial charge in [-0.3, -0.25) is 5.32 Å². The zero-order valence-corrected chi connectivity index (χ0v) is 8.76. The summed E-state index contributed by atoms with van der Waals surface area (Å²) >= 11 is 0. The third kappa shape index (κ3) is 1.88. The molecule has 2 atom stereocenters. The second kappa shape index (κ2) is 4.04. The van der Waals surface area contributed by atoms with Crippen LogP contribution in [0.25, 0.3) is 0 Å².